The lowest BCUT2D eigenvalue weighted by Gasteiger charge is -2.21. The molecule has 1 heterocycles. The molecule has 0 radical (unpaired) electrons. The number of urea groups is 1. The first-order valence-corrected chi connectivity index (χ1v) is 7.74. The monoisotopic (exact) mass is 330 g/mol. The van der Waals surface area contributed by atoms with Gasteiger partial charge in [0.05, 0.1) is 13.0 Å². The largest absolute Gasteiger partial charge is 0.496 e. The maximum atomic E-state index is 12.1. The Morgan fingerprint density at radius 1 is 1.57 bits per heavy atom. The summed E-state index contributed by atoms with van der Waals surface area (Å²) in [5.74, 6) is 0.347. The van der Waals surface area contributed by atoms with Crippen LogP contribution in [0.25, 0.3) is 0 Å². The van der Waals surface area contributed by atoms with Crippen molar-refractivity contribution in [3.63, 3.8) is 0 Å². The predicted molar refractivity (Wildman–Crippen MR) is 80.8 cm³/mol. The van der Waals surface area contributed by atoms with Crippen LogP contribution in [0.4, 0.5) is 4.79 Å². The Morgan fingerprint density at radius 2 is 2.33 bits per heavy atom. The Balaban J connectivity index is 2.03. The molecule has 2 amide bonds. The molecular formula is C13H15ClN2O4S. The highest BCUT2D eigenvalue weighted by Crippen LogP contribution is 2.26. The van der Waals surface area contributed by atoms with Crippen molar-refractivity contribution in [3.8, 4) is 5.75 Å². The number of carbonyl (C=O) groups excluding carboxylic acids is 1. The van der Waals surface area contributed by atoms with Crippen LogP contribution >= 0.6 is 23.4 Å². The zero-order chi connectivity index (χ0) is 15.4. The van der Waals surface area contributed by atoms with Gasteiger partial charge in [-0.05, 0) is 12.1 Å². The molecule has 2 N–H and O–H groups in total. The molecule has 0 spiro atoms. The van der Waals surface area contributed by atoms with E-state index in [1.165, 1.54) is 23.8 Å². The molecule has 1 aromatic carbocycles. The third kappa shape index (κ3) is 3.54. The normalized spacial score (nSPS) is 17.6. The third-order valence-electron chi connectivity index (χ3n) is 3.14. The van der Waals surface area contributed by atoms with Crippen molar-refractivity contribution in [1.82, 2.24) is 10.2 Å². The van der Waals surface area contributed by atoms with E-state index < -0.39 is 18.0 Å². The first-order valence-electron chi connectivity index (χ1n) is 6.21. The number of carboxylic acids is 1. The van der Waals surface area contributed by atoms with Crippen LogP contribution in [0.15, 0.2) is 18.2 Å². The second kappa shape index (κ2) is 6.91. The first-order chi connectivity index (χ1) is 10.0. The molecule has 1 aromatic rings. The van der Waals surface area contributed by atoms with Crippen LogP contribution in [0.5, 0.6) is 5.75 Å². The van der Waals surface area contributed by atoms with E-state index in [2.05, 4.69) is 5.32 Å². The number of nitrogens with zero attached hydrogens (tertiary/aromatic N) is 1. The summed E-state index contributed by atoms with van der Waals surface area (Å²) in [5, 5.41) is 12.2. The number of hydrogen-bond donors (Lipinski definition) is 2. The fourth-order valence-electron chi connectivity index (χ4n) is 2.01. The van der Waals surface area contributed by atoms with Gasteiger partial charge in [0.2, 0.25) is 0 Å². The Morgan fingerprint density at radius 3 is 3.00 bits per heavy atom. The van der Waals surface area contributed by atoms with E-state index in [4.69, 9.17) is 21.4 Å². The number of thioether (sulfide) groups is 1. The Kier molecular flexibility index (Phi) is 5.19. The number of halogens is 1. The quantitative estimate of drug-likeness (QED) is 0.883. The summed E-state index contributed by atoms with van der Waals surface area (Å²) in [4.78, 5) is 24.5. The molecule has 0 aliphatic carbocycles. The number of hydrogen-bond acceptors (Lipinski definition) is 4. The highest BCUT2D eigenvalue weighted by atomic mass is 35.5. The van der Waals surface area contributed by atoms with Gasteiger partial charge in [-0.2, -0.15) is 0 Å². The zero-order valence-electron chi connectivity index (χ0n) is 11.3. The summed E-state index contributed by atoms with van der Waals surface area (Å²) < 4.78 is 5.20. The molecule has 1 atom stereocenters. The number of amides is 2. The van der Waals surface area contributed by atoms with Gasteiger partial charge in [0.25, 0.3) is 0 Å². The maximum Gasteiger partial charge on any atom is 0.327 e. The van der Waals surface area contributed by atoms with Crippen LogP contribution in [0.1, 0.15) is 5.56 Å². The molecule has 0 unspecified atom stereocenters. The maximum absolute atomic E-state index is 12.1. The minimum absolute atomic E-state index is 0.176. The van der Waals surface area contributed by atoms with Crippen LogP contribution in [0.3, 0.4) is 0 Å². The molecule has 1 saturated heterocycles. The molecule has 6 nitrogen and oxygen atoms in total. The molecule has 1 aliphatic rings. The van der Waals surface area contributed by atoms with E-state index in [-0.39, 0.29) is 6.54 Å². The number of rotatable bonds is 4. The summed E-state index contributed by atoms with van der Waals surface area (Å²) in [6.07, 6.45) is 0. The van der Waals surface area contributed by atoms with Gasteiger partial charge in [0.15, 0.2) is 0 Å². The number of nitrogens with one attached hydrogen (secondary N) is 1. The molecule has 0 bridgehead atoms. The zero-order valence-corrected chi connectivity index (χ0v) is 12.9. The molecular weight excluding hydrogens is 316 g/mol. The Labute approximate surface area is 131 Å². The molecule has 1 aliphatic heterocycles. The van der Waals surface area contributed by atoms with Gasteiger partial charge >= 0.3 is 12.0 Å². The smallest absolute Gasteiger partial charge is 0.327 e. The van der Waals surface area contributed by atoms with Crippen LogP contribution in [0.2, 0.25) is 5.02 Å². The second-order valence-corrected chi connectivity index (χ2v) is 5.81. The number of benzene rings is 1. The topological polar surface area (TPSA) is 78.9 Å². The summed E-state index contributed by atoms with van der Waals surface area (Å²) in [7, 11) is 1.52. The Bertz CT molecular complexity index is 555. The van der Waals surface area contributed by atoms with Crippen LogP contribution in [-0.4, -0.2) is 46.8 Å². The standard InChI is InChI=1S/C13H15ClN2O4S/c1-20-11-4-2-3-9(14)8(11)5-15-13(19)16-7-21-6-10(16)12(17)18/h2-4,10H,5-7H2,1H3,(H,15,19)(H,17,18)/t10-/m0/s1. The van der Waals surface area contributed by atoms with Gasteiger partial charge in [-0.3, -0.25) is 0 Å². The molecule has 21 heavy (non-hydrogen) atoms. The van der Waals surface area contributed by atoms with Gasteiger partial charge < -0.3 is 20.1 Å². The SMILES string of the molecule is COc1cccc(Cl)c1CNC(=O)N1CSC[C@H]1C(=O)O. The summed E-state index contributed by atoms with van der Waals surface area (Å²) in [5.41, 5.74) is 0.661. The minimum atomic E-state index is -0.995. The molecule has 1 fully saturated rings. The highest BCUT2D eigenvalue weighted by Gasteiger charge is 2.34. The van der Waals surface area contributed by atoms with Crippen LogP contribution < -0.4 is 10.1 Å². The van der Waals surface area contributed by atoms with Crippen molar-refractivity contribution >= 4 is 35.4 Å². The molecule has 8 heteroatoms. The van der Waals surface area contributed by atoms with Gasteiger partial charge in [-0.15, -0.1) is 11.8 Å². The highest BCUT2D eigenvalue weighted by molar-refractivity contribution is 7.99. The van der Waals surface area contributed by atoms with Crippen molar-refractivity contribution in [2.75, 3.05) is 18.7 Å². The van der Waals surface area contributed by atoms with Crippen molar-refractivity contribution in [2.45, 2.75) is 12.6 Å². The number of carboxylic acid groups (broad SMARTS) is 1. The van der Waals surface area contributed by atoms with E-state index in [0.29, 0.717) is 28.0 Å². The van der Waals surface area contributed by atoms with E-state index in [1.807, 2.05) is 0 Å². The van der Waals surface area contributed by atoms with Crippen LogP contribution in [-0.2, 0) is 11.3 Å². The fourth-order valence-corrected chi connectivity index (χ4v) is 3.39. The lowest BCUT2D eigenvalue weighted by Crippen LogP contribution is -2.46. The number of methoxy groups -OCH3 is 1. The average Bonchev–Trinajstić information content (AvgIpc) is 2.95. The van der Waals surface area contributed by atoms with Crippen molar-refractivity contribution in [1.29, 1.82) is 0 Å². The van der Waals surface area contributed by atoms with Gasteiger partial charge in [0, 0.05) is 22.9 Å². The molecule has 0 saturated carbocycles. The third-order valence-corrected chi connectivity index (χ3v) is 4.51. The first kappa shape index (κ1) is 15.8. The molecule has 0 aromatic heterocycles. The minimum Gasteiger partial charge on any atom is -0.496 e. The number of ether oxygens (including phenoxy) is 1. The average molecular weight is 331 g/mol. The van der Waals surface area contributed by atoms with Gasteiger partial charge in [-0.25, -0.2) is 9.59 Å². The molecule has 114 valence electrons. The van der Waals surface area contributed by atoms with Crippen LogP contribution in [0, 0.1) is 0 Å². The van der Waals surface area contributed by atoms with Gasteiger partial charge in [-0.1, -0.05) is 17.7 Å². The number of carbonyl (C=O) groups is 2. The lowest BCUT2D eigenvalue weighted by atomic mass is 10.2. The van der Waals surface area contributed by atoms with Crippen molar-refractivity contribution < 1.29 is 19.4 Å². The van der Waals surface area contributed by atoms with Gasteiger partial charge in [0.1, 0.15) is 11.8 Å². The van der Waals surface area contributed by atoms with Crippen molar-refractivity contribution in [3.05, 3.63) is 28.8 Å². The summed E-state index contributed by atoms with van der Waals surface area (Å²) in [6.45, 7) is 0.176. The fraction of sp³-hybridized carbons (Fsp3) is 0.385. The Hall–Kier alpha value is -1.60. The van der Waals surface area contributed by atoms with Crippen molar-refractivity contribution in [2.24, 2.45) is 0 Å². The van der Waals surface area contributed by atoms with E-state index in [1.54, 1.807) is 18.2 Å². The lowest BCUT2D eigenvalue weighted by molar-refractivity contribution is -0.140. The molecule has 2 rings (SSSR count). The number of aliphatic carboxylic acids is 1. The van der Waals surface area contributed by atoms with E-state index >= 15 is 0 Å². The summed E-state index contributed by atoms with van der Waals surface area (Å²) in [6, 6.07) is 4.00. The van der Waals surface area contributed by atoms with E-state index in [9.17, 15) is 9.59 Å². The predicted octanol–water partition coefficient (Wildman–Crippen LogP) is 2.02. The van der Waals surface area contributed by atoms with E-state index in [0.717, 1.165) is 0 Å². The second-order valence-electron chi connectivity index (χ2n) is 4.40. The summed E-state index contributed by atoms with van der Waals surface area (Å²) >= 11 is 7.50.